The van der Waals surface area contributed by atoms with Crippen LogP contribution in [0.3, 0.4) is 0 Å². The maximum absolute atomic E-state index is 10.5. The highest BCUT2D eigenvalue weighted by Crippen LogP contribution is 1.96. The van der Waals surface area contributed by atoms with E-state index in [2.05, 4.69) is 0 Å². The van der Waals surface area contributed by atoms with Gasteiger partial charge in [0.25, 0.3) is 0 Å². The van der Waals surface area contributed by atoms with Crippen LogP contribution in [0.4, 0.5) is 0 Å². The van der Waals surface area contributed by atoms with Gasteiger partial charge in [-0.15, -0.1) is 0 Å². The van der Waals surface area contributed by atoms with Crippen LogP contribution in [0.15, 0.2) is 0 Å². The van der Waals surface area contributed by atoms with Crippen molar-refractivity contribution in [3.05, 3.63) is 0 Å². The van der Waals surface area contributed by atoms with Crippen LogP contribution in [0, 0.1) is 0 Å². The second-order valence-electron chi connectivity index (χ2n) is 2.76. The Morgan fingerprint density at radius 3 is 2.50 bits per heavy atom. The van der Waals surface area contributed by atoms with Gasteiger partial charge in [0, 0.05) is 20.1 Å². The number of rotatable bonds is 8. The third-order valence-corrected chi connectivity index (χ3v) is 1.50. The zero-order chi connectivity index (χ0) is 9.23. The van der Waals surface area contributed by atoms with Crippen LogP contribution in [0.2, 0.25) is 0 Å². The molecule has 12 heavy (non-hydrogen) atoms. The van der Waals surface area contributed by atoms with Gasteiger partial charge in [-0.25, -0.2) is 0 Å². The summed E-state index contributed by atoms with van der Waals surface area (Å²) in [4.78, 5) is 10.5. The average Bonchev–Trinajstić information content (AvgIpc) is 2.02. The van der Waals surface area contributed by atoms with Crippen molar-refractivity contribution in [1.29, 1.82) is 0 Å². The molecule has 0 fully saturated rings. The fourth-order valence-electron chi connectivity index (χ4n) is 0.822. The lowest BCUT2D eigenvalue weighted by atomic mass is 10.2. The first-order chi connectivity index (χ1) is 5.77. The Bertz CT molecular complexity index is 112. The highest BCUT2D eigenvalue weighted by Gasteiger charge is 1.93. The van der Waals surface area contributed by atoms with E-state index >= 15 is 0 Å². The largest absolute Gasteiger partial charge is 0.382 e. The molecule has 0 heterocycles. The van der Waals surface area contributed by atoms with Crippen LogP contribution in [0.25, 0.3) is 0 Å². The summed E-state index contributed by atoms with van der Waals surface area (Å²) in [5.41, 5.74) is 0. The van der Waals surface area contributed by atoms with E-state index in [1.165, 1.54) is 0 Å². The number of hydrogen-bond acceptors (Lipinski definition) is 3. The van der Waals surface area contributed by atoms with Crippen molar-refractivity contribution in [3.8, 4) is 0 Å². The molecule has 0 bridgehead atoms. The molecule has 0 rings (SSSR count). The van der Waals surface area contributed by atoms with Crippen molar-refractivity contribution in [2.24, 2.45) is 0 Å². The number of unbranched alkanes of at least 4 members (excludes halogenated alkanes) is 1. The minimum atomic E-state index is 0.256. The molecule has 3 heteroatoms. The van der Waals surface area contributed by atoms with E-state index < -0.39 is 0 Å². The summed E-state index contributed by atoms with van der Waals surface area (Å²) in [5.74, 6) is 0.256. The van der Waals surface area contributed by atoms with Crippen molar-refractivity contribution >= 4 is 5.78 Å². The van der Waals surface area contributed by atoms with E-state index in [1.54, 1.807) is 14.0 Å². The molecule has 0 unspecified atom stereocenters. The molecule has 3 nitrogen and oxygen atoms in total. The smallest absolute Gasteiger partial charge is 0.129 e. The van der Waals surface area contributed by atoms with Crippen LogP contribution in [-0.2, 0) is 14.3 Å². The number of ether oxygens (including phenoxy) is 2. The van der Waals surface area contributed by atoms with Crippen molar-refractivity contribution < 1.29 is 14.3 Å². The summed E-state index contributed by atoms with van der Waals surface area (Å²) in [5, 5.41) is 0. The van der Waals surface area contributed by atoms with Gasteiger partial charge in [-0.1, -0.05) is 0 Å². The molecule has 0 saturated carbocycles. The molecule has 0 aromatic heterocycles. The van der Waals surface area contributed by atoms with Gasteiger partial charge in [0.1, 0.15) is 5.78 Å². The first-order valence-corrected chi connectivity index (χ1v) is 4.33. The molecule has 0 atom stereocenters. The first kappa shape index (κ1) is 11.6. The molecule has 0 radical (unpaired) electrons. The molecular weight excluding hydrogens is 156 g/mol. The highest BCUT2D eigenvalue weighted by molar-refractivity contribution is 5.75. The second-order valence-corrected chi connectivity index (χ2v) is 2.76. The van der Waals surface area contributed by atoms with Gasteiger partial charge in [-0.05, 0) is 19.8 Å². The quantitative estimate of drug-likeness (QED) is 0.522. The predicted octanol–water partition coefficient (Wildman–Crippen LogP) is 1.41. The van der Waals surface area contributed by atoms with Gasteiger partial charge < -0.3 is 14.3 Å². The van der Waals surface area contributed by atoms with Crippen molar-refractivity contribution in [2.45, 2.75) is 26.2 Å². The third-order valence-electron chi connectivity index (χ3n) is 1.50. The summed E-state index contributed by atoms with van der Waals surface area (Å²) >= 11 is 0. The molecule has 0 spiro atoms. The summed E-state index contributed by atoms with van der Waals surface area (Å²) < 4.78 is 10.0. The Morgan fingerprint density at radius 1 is 1.17 bits per heavy atom. The van der Waals surface area contributed by atoms with Crippen LogP contribution in [0.5, 0.6) is 0 Å². The van der Waals surface area contributed by atoms with Crippen LogP contribution in [-0.4, -0.2) is 32.7 Å². The minimum Gasteiger partial charge on any atom is -0.382 e. The standard InChI is InChI=1S/C9H18O3/c1-9(10)5-3-4-6-12-8-7-11-2/h3-8H2,1-2H3. The van der Waals surface area contributed by atoms with Crippen LogP contribution < -0.4 is 0 Å². The lowest BCUT2D eigenvalue weighted by Crippen LogP contribution is -2.03. The molecule has 0 aliphatic carbocycles. The SMILES string of the molecule is COCCOCCCCC(C)=O. The van der Waals surface area contributed by atoms with Crippen molar-refractivity contribution in [2.75, 3.05) is 26.9 Å². The Morgan fingerprint density at radius 2 is 1.92 bits per heavy atom. The number of methoxy groups -OCH3 is 1. The van der Waals surface area contributed by atoms with E-state index in [1.807, 2.05) is 0 Å². The van der Waals surface area contributed by atoms with Gasteiger partial charge in [0.15, 0.2) is 0 Å². The number of hydrogen-bond donors (Lipinski definition) is 0. The van der Waals surface area contributed by atoms with Crippen molar-refractivity contribution in [3.63, 3.8) is 0 Å². The molecule has 0 amide bonds. The Hall–Kier alpha value is -0.410. The van der Waals surface area contributed by atoms with Gasteiger partial charge >= 0.3 is 0 Å². The fourth-order valence-corrected chi connectivity index (χ4v) is 0.822. The van der Waals surface area contributed by atoms with Crippen molar-refractivity contribution in [1.82, 2.24) is 0 Å². The highest BCUT2D eigenvalue weighted by atomic mass is 16.5. The number of Topliss-reactive ketones (excluding diaryl/α,β-unsaturated/α-hetero) is 1. The lowest BCUT2D eigenvalue weighted by molar-refractivity contribution is -0.117. The van der Waals surface area contributed by atoms with Gasteiger partial charge in [0.2, 0.25) is 0 Å². The normalized spacial score (nSPS) is 10.2. The van der Waals surface area contributed by atoms with Crippen LogP contribution in [0.1, 0.15) is 26.2 Å². The topological polar surface area (TPSA) is 35.5 Å². The number of carbonyl (C=O) groups excluding carboxylic acids is 1. The maximum Gasteiger partial charge on any atom is 0.129 e. The third kappa shape index (κ3) is 9.59. The summed E-state index contributed by atoms with van der Waals surface area (Å²) in [6.45, 7) is 3.64. The Kier molecular flexibility index (Phi) is 8.39. The minimum absolute atomic E-state index is 0.256. The lowest BCUT2D eigenvalue weighted by Gasteiger charge is -2.01. The monoisotopic (exact) mass is 174 g/mol. The van der Waals surface area contributed by atoms with E-state index in [0.29, 0.717) is 19.6 Å². The Balaban J connectivity index is 2.86. The zero-order valence-electron chi connectivity index (χ0n) is 7.97. The summed E-state index contributed by atoms with van der Waals surface area (Å²) in [6, 6.07) is 0. The molecule has 0 aliphatic rings. The average molecular weight is 174 g/mol. The van der Waals surface area contributed by atoms with Gasteiger partial charge in [0.05, 0.1) is 13.2 Å². The molecule has 0 saturated heterocycles. The zero-order valence-corrected chi connectivity index (χ0v) is 7.97. The number of ketones is 1. The van der Waals surface area contributed by atoms with E-state index in [9.17, 15) is 4.79 Å². The Labute approximate surface area is 74.0 Å². The van der Waals surface area contributed by atoms with E-state index in [4.69, 9.17) is 9.47 Å². The molecule has 0 aliphatic heterocycles. The molecule has 72 valence electrons. The van der Waals surface area contributed by atoms with E-state index in [0.717, 1.165) is 19.4 Å². The summed E-state index contributed by atoms with van der Waals surface area (Å²) in [7, 11) is 1.65. The van der Waals surface area contributed by atoms with E-state index in [-0.39, 0.29) is 5.78 Å². The van der Waals surface area contributed by atoms with Gasteiger partial charge in [-0.2, -0.15) is 0 Å². The van der Waals surface area contributed by atoms with Gasteiger partial charge in [-0.3, -0.25) is 0 Å². The second kappa shape index (κ2) is 8.68. The molecule has 0 aromatic carbocycles. The predicted molar refractivity (Wildman–Crippen MR) is 47.2 cm³/mol. The first-order valence-electron chi connectivity index (χ1n) is 4.33. The molecule has 0 N–H and O–H groups in total. The van der Waals surface area contributed by atoms with Crippen LogP contribution >= 0.6 is 0 Å². The molecular formula is C9H18O3. The molecule has 0 aromatic rings. The number of carbonyl (C=O) groups is 1. The fraction of sp³-hybridized carbons (Fsp3) is 0.889. The maximum atomic E-state index is 10.5. The summed E-state index contributed by atoms with van der Waals surface area (Å²) in [6.07, 6.45) is 2.57.